The van der Waals surface area contributed by atoms with Gasteiger partial charge in [0.15, 0.2) is 6.20 Å². The van der Waals surface area contributed by atoms with Crippen molar-refractivity contribution in [1.29, 1.82) is 0 Å². The number of rotatable bonds is 2. The normalized spacial score (nSPS) is 15.4. The predicted molar refractivity (Wildman–Crippen MR) is 224 cm³/mol. The summed E-state index contributed by atoms with van der Waals surface area (Å²) in [5.74, 6) is 0. The van der Waals surface area contributed by atoms with E-state index in [-0.39, 0.29) is 12.8 Å². The first-order chi connectivity index (χ1) is 26.8. The molecule has 0 N–H and O–H groups in total. The van der Waals surface area contributed by atoms with E-state index in [2.05, 4.69) is 184 Å². The molecule has 250 valence electrons. The molecule has 0 amide bonds. The maximum Gasteiger partial charge on any atom is 0.248 e. The highest BCUT2D eigenvalue weighted by Gasteiger charge is 2.50. The maximum atomic E-state index is 2.59. The maximum absolute atomic E-state index is 2.59. The summed E-state index contributed by atoms with van der Waals surface area (Å²) >= 11 is 3.80. The highest BCUT2D eigenvalue weighted by Crippen LogP contribution is 2.54. The first-order valence-corrected chi connectivity index (χ1v) is 20.2. The molecule has 1 atom stereocenters. The number of pyridine rings is 1. The minimum atomic E-state index is 0.0784. The summed E-state index contributed by atoms with van der Waals surface area (Å²) in [6.07, 6.45) is 2.29. The van der Waals surface area contributed by atoms with Gasteiger partial charge in [0.05, 0.1) is 22.4 Å². The fourth-order valence-electron chi connectivity index (χ4n) is 9.84. The molecular formula is C48H29BN3S2+. The number of anilines is 3. The van der Waals surface area contributed by atoms with Gasteiger partial charge in [0.2, 0.25) is 17.8 Å². The SMILES string of the molecule is c1ccc2c(c1)Sc1cccc3c1N2c1cc(-c2ccc(-n4c5ccccc5c5ccccc54)cc2)cc2c1B3c1cccc3c1C2[n+]1ccccc1S3. The van der Waals surface area contributed by atoms with Gasteiger partial charge in [-0.1, -0.05) is 102 Å². The van der Waals surface area contributed by atoms with Gasteiger partial charge >= 0.3 is 0 Å². The van der Waals surface area contributed by atoms with Crippen LogP contribution in [-0.2, 0) is 0 Å². The highest BCUT2D eigenvalue weighted by molar-refractivity contribution is 8.00. The third-order valence-corrected chi connectivity index (χ3v) is 14.2. The monoisotopic (exact) mass is 722 g/mol. The molecule has 0 spiro atoms. The lowest BCUT2D eigenvalue weighted by Crippen LogP contribution is -2.65. The van der Waals surface area contributed by atoms with Gasteiger partial charge in [0.1, 0.15) is 0 Å². The van der Waals surface area contributed by atoms with Gasteiger partial charge in [-0.3, -0.25) is 0 Å². The zero-order valence-electron chi connectivity index (χ0n) is 29.0. The Hall–Kier alpha value is -5.95. The number of aromatic nitrogens is 2. The molecule has 4 aliphatic heterocycles. The number of nitrogens with zero attached hydrogens (tertiary/aromatic N) is 3. The van der Waals surface area contributed by atoms with E-state index in [1.807, 2.05) is 23.5 Å². The molecule has 54 heavy (non-hydrogen) atoms. The molecule has 0 saturated carbocycles. The Kier molecular flexibility index (Phi) is 5.91. The molecule has 9 aromatic rings. The highest BCUT2D eigenvalue weighted by atomic mass is 32.2. The average Bonchev–Trinajstić information content (AvgIpc) is 3.57. The summed E-state index contributed by atoms with van der Waals surface area (Å²) < 4.78 is 4.92. The first kappa shape index (κ1) is 29.5. The van der Waals surface area contributed by atoms with Crippen LogP contribution in [0.1, 0.15) is 17.2 Å². The Morgan fingerprint density at radius 3 is 2.07 bits per heavy atom. The van der Waals surface area contributed by atoms with Gasteiger partial charge < -0.3 is 9.47 Å². The van der Waals surface area contributed by atoms with Crippen molar-refractivity contribution in [3.8, 4) is 16.8 Å². The smallest absolute Gasteiger partial charge is 0.248 e. The number of fused-ring (bicyclic) bond motifs is 11. The van der Waals surface area contributed by atoms with Crippen LogP contribution in [0.5, 0.6) is 0 Å². The fraction of sp³-hybridized carbons (Fsp3) is 0.0208. The second-order valence-corrected chi connectivity index (χ2v) is 16.8. The van der Waals surface area contributed by atoms with Gasteiger partial charge in [-0.15, -0.1) is 0 Å². The molecule has 0 radical (unpaired) electrons. The second-order valence-electron chi connectivity index (χ2n) is 14.7. The van der Waals surface area contributed by atoms with Gasteiger partial charge in [-0.05, 0) is 101 Å². The Morgan fingerprint density at radius 2 is 1.24 bits per heavy atom. The van der Waals surface area contributed by atoms with Gasteiger partial charge in [0.25, 0.3) is 0 Å². The Bertz CT molecular complexity index is 2910. The lowest BCUT2D eigenvalue weighted by molar-refractivity contribution is -0.741. The van der Waals surface area contributed by atoms with E-state index >= 15 is 0 Å². The fourth-order valence-corrected chi connectivity index (χ4v) is 12.1. The van der Waals surface area contributed by atoms with Crippen molar-refractivity contribution in [1.82, 2.24) is 4.57 Å². The van der Waals surface area contributed by atoms with Crippen LogP contribution >= 0.6 is 23.5 Å². The van der Waals surface area contributed by atoms with Crippen LogP contribution in [-0.4, -0.2) is 11.3 Å². The molecule has 0 aliphatic carbocycles. The lowest BCUT2D eigenvalue weighted by atomic mass is 9.31. The van der Waals surface area contributed by atoms with Gasteiger partial charge in [-0.2, -0.15) is 4.57 Å². The molecule has 7 aromatic carbocycles. The van der Waals surface area contributed by atoms with Crippen molar-refractivity contribution in [3.63, 3.8) is 0 Å². The molecule has 4 aliphatic rings. The molecule has 2 aromatic heterocycles. The van der Waals surface area contributed by atoms with E-state index in [9.17, 15) is 0 Å². The standard InChI is InChI=1S/C48H29BN3S2/c1-3-15-37-32(11-1)33-12-2-4-16-38(33)51(37)31-24-22-29(23-25-31)30-27-34-46-40(28-30)52-39-17-5-6-18-41(39)53-43-20-10-14-36(48(43)52)49(46)35-13-9-19-42-45(35)47(34)50-26-8-7-21-44(50)54-42/h1-28,47H/q+1. The van der Waals surface area contributed by atoms with Crippen molar-refractivity contribution >= 4 is 85.5 Å². The van der Waals surface area contributed by atoms with Crippen LogP contribution in [0.4, 0.5) is 17.1 Å². The largest absolute Gasteiger partial charge is 0.309 e. The molecule has 3 nitrogen and oxygen atoms in total. The molecular weight excluding hydrogens is 693 g/mol. The molecule has 6 heteroatoms. The minimum Gasteiger partial charge on any atom is -0.309 e. The molecule has 6 heterocycles. The summed E-state index contributed by atoms with van der Waals surface area (Å²) in [6.45, 7) is 0.149. The summed E-state index contributed by atoms with van der Waals surface area (Å²) in [5, 5.41) is 3.84. The quantitative estimate of drug-likeness (QED) is 0.130. The van der Waals surface area contributed by atoms with Crippen molar-refractivity contribution in [2.45, 2.75) is 25.8 Å². The zero-order valence-corrected chi connectivity index (χ0v) is 30.6. The first-order valence-electron chi connectivity index (χ1n) is 18.6. The number of benzene rings is 7. The van der Waals surface area contributed by atoms with E-state index in [0.717, 1.165) is 0 Å². The van der Waals surface area contributed by atoms with Crippen LogP contribution in [0.3, 0.4) is 0 Å². The average molecular weight is 723 g/mol. The zero-order chi connectivity index (χ0) is 35.1. The Labute approximate surface area is 321 Å². The van der Waals surface area contributed by atoms with E-state index in [1.54, 1.807) is 0 Å². The van der Waals surface area contributed by atoms with Crippen molar-refractivity contribution in [2.24, 2.45) is 0 Å². The number of para-hydroxylation sites is 4. The summed E-state index contributed by atoms with van der Waals surface area (Å²) in [5.41, 5.74) is 17.1. The van der Waals surface area contributed by atoms with E-state index in [4.69, 9.17) is 0 Å². The molecule has 1 unspecified atom stereocenters. The van der Waals surface area contributed by atoms with Crippen molar-refractivity contribution in [2.75, 3.05) is 4.90 Å². The minimum absolute atomic E-state index is 0.0784. The number of hydrogen-bond donors (Lipinski definition) is 0. The van der Waals surface area contributed by atoms with Crippen LogP contribution in [0.2, 0.25) is 0 Å². The van der Waals surface area contributed by atoms with E-state index < -0.39 is 0 Å². The molecule has 13 rings (SSSR count). The molecule has 0 fully saturated rings. The lowest BCUT2D eigenvalue weighted by Gasteiger charge is -2.45. The Morgan fingerprint density at radius 1 is 0.537 bits per heavy atom. The van der Waals surface area contributed by atoms with Crippen molar-refractivity contribution < 1.29 is 4.57 Å². The van der Waals surface area contributed by atoms with E-state index in [1.165, 1.54) is 103 Å². The predicted octanol–water partition coefficient (Wildman–Crippen LogP) is 9.92. The molecule has 0 bridgehead atoms. The third-order valence-electron chi connectivity index (χ3n) is 12.0. The van der Waals surface area contributed by atoms with Crippen molar-refractivity contribution in [3.05, 3.63) is 181 Å². The van der Waals surface area contributed by atoms with Crippen LogP contribution < -0.4 is 25.9 Å². The summed E-state index contributed by atoms with van der Waals surface area (Å²) in [6, 6.07) is 61.4. The van der Waals surface area contributed by atoms with Crippen LogP contribution in [0.25, 0.3) is 38.6 Å². The number of hydrogen-bond acceptors (Lipinski definition) is 3. The van der Waals surface area contributed by atoms with Crippen LogP contribution in [0, 0.1) is 0 Å². The van der Waals surface area contributed by atoms with Gasteiger partial charge in [-0.25, -0.2) is 0 Å². The van der Waals surface area contributed by atoms with Gasteiger partial charge in [0, 0.05) is 60.1 Å². The Balaban J connectivity index is 1.08. The second kappa shape index (κ2) is 10.8. The summed E-state index contributed by atoms with van der Waals surface area (Å²) in [4.78, 5) is 6.57. The third kappa shape index (κ3) is 3.84. The topological polar surface area (TPSA) is 12.1 Å². The molecule has 0 saturated heterocycles. The van der Waals surface area contributed by atoms with E-state index in [0.29, 0.717) is 0 Å². The van der Waals surface area contributed by atoms with Crippen LogP contribution in [0.15, 0.2) is 190 Å². The summed E-state index contributed by atoms with van der Waals surface area (Å²) in [7, 11) is 0.